The molecule has 0 unspecified atom stereocenters. The van der Waals surface area contributed by atoms with Crippen molar-refractivity contribution < 1.29 is 29.3 Å². The maximum Gasteiger partial charge on any atom is 0.414 e. The second kappa shape index (κ2) is 9.58. The number of rotatable bonds is 6. The maximum absolute atomic E-state index is 12.5. The second-order valence-electron chi connectivity index (χ2n) is 6.92. The molecule has 158 valence electrons. The number of imide groups is 1. The van der Waals surface area contributed by atoms with Crippen molar-refractivity contribution in [1.29, 1.82) is 0 Å². The molecule has 2 amide bonds. The average molecular weight is 419 g/mol. The van der Waals surface area contributed by atoms with Gasteiger partial charge in [-0.1, -0.05) is 61.5 Å². The molecule has 7 nitrogen and oxygen atoms in total. The lowest BCUT2D eigenvalue weighted by atomic mass is 9.92. The van der Waals surface area contributed by atoms with Crippen LogP contribution in [0, 0.1) is 5.92 Å². The van der Waals surface area contributed by atoms with Gasteiger partial charge in [0.1, 0.15) is 11.9 Å². The summed E-state index contributed by atoms with van der Waals surface area (Å²) >= 11 is 0. The monoisotopic (exact) mass is 419 g/mol. The molecule has 0 aliphatic rings. The number of carboxylic acids is 1. The van der Waals surface area contributed by atoms with Gasteiger partial charge in [-0.25, -0.2) is 9.59 Å². The van der Waals surface area contributed by atoms with E-state index >= 15 is 0 Å². The molecular formula is C24H21NO6. The van der Waals surface area contributed by atoms with E-state index in [2.05, 4.69) is 5.32 Å². The molecule has 0 fully saturated rings. The number of hydrogen-bond acceptors (Lipinski definition) is 5. The Morgan fingerprint density at radius 1 is 0.935 bits per heavy atom. The molecule has 0 bridgehead atoms. The van der Waals surface area contributed by atoms with Crippen LogP contribution in [0.1, 0.15) is 28.9 Å². The second-order valence-corrected chi connectivity index (χ2v) is 6.92. The molecule has 3 N–H and O–H groups in total. The normalized spacial score (nSPS) is 12.9. The smallest absolute Gasteiger partial charge is 0.414 e. The first kappa shape index (κ1) is 21.6. The molecule has 31 heavy (non-hydrogen) atoms. The van der Waals surface area contributed by atoms with Crippen molar-refractivity contribution in [3.8, 4) is 5.75 Å². The van der Waals surface area contributed by atoms with E-state index in [1.54, 1.807) is 67.6 Å². The van der Waals surface area contributed by atoms with Crippen molar-refractivity contribution in [3.63, 3.8) is 0 Å². The minimum atomic E-state index is -1.13. The zero-order chi connectivity index (χ0) is 22.4. The van der Waals surface area contributed by atoms with Crippen LogP contribution in [0.2, 0.25) is 0 Å². The van der Waals surface area contributed by atoms with Crippen LogP contribution in [0.3, 0.4) is 0 Å². The van der Waals surface area contributed by atoms with Crippen molar-refractivity contribution in [2.45, 2.75) is 13.0 Å². The zero-order valence-electron chi connectivity index (χ0n) is 16.7. The number of amides is 2. The topological polar surface area (TPSA) is 113 Å². The lowest BCUT2D eigenvalue weighted by Gasteiger charge is -2.24. The minimum absolute atomic E-state index is 0.0653. The summed E-state index contributed by atoms with van der Waals surface area (Å²) in [6.45, 7) is 1.69. The number of aromatic hydroxyl groups is 1. The van der Waals surface area contributed by atoms with Crippen LogP contribution in [-0.4, -0.2) is 28.2 Å². The Labute approximate surface area is 178 Å². The van der Waals surface area contributed by atoms with Crippen molar-refractivity contribution in [2.75, 3.05) is 0 Å². The quantitative estimate of drug-likeness (QED) is 0.510. The summed E-state index contributed by atoms with van der Waals surface area (Å²) in [6.07, 6.45) is 0.494. The number of phenols is 1. The number of fused-ring (bicyclic) bond motifs is 1. The van der Waals surface area contributed by atoms with E-state index in [-0.39, 0.29) is 5.75 Å². The highest BCUT2D eigenvalue weighted by Gasteiger charge is 2.26. The first-order valence-corrected chi connectivity index (χ1v) is 9.55. The maximum atomic E-state index is 12.5. The third kappa shape index (κ3) is 5.27. The standard InChI is InChI=1S/C24H21NO6/c1-15(11-14-21(27)28)22(19-12-13-20(26)18-10-6-5-9-17(18)19)31-24(30)25-23(29)16-7-3-2-4-8-16/h2-15,22,26H,1H3,(H,27,28)(H,25,29,30)/b14-11+/t15-,22+/m1/s1. The van der Waals surface area contributed by atoms with Gasteiger partial charge >= 0.3 is 12.1 Å². The summed E-state index contributed by atoms with van der Waals surface area (Å²) in [5, 5.41) is 22.5. The molecule has 0 saturated heterocycles. The fourth-order valence-electron chi connectivity index (χ4n) is 3.24. The van der Waals surface area contributed by atoms with E-state index < -0.39 is 30.0 Å². The van der Waals surface area contributed by atoms with Crippen LogP contribution < -0.4 is 5.32 Å². The molecule has 0 heterocycles. The number of hydrogen-bond donors (Lipinski definition) is 3. The Morgan fingerprint density at radius 3 is 2.26 bits per heavy atom. The van der Waals surface area contributed by atoms with Crippen molar-refractivity contribution in [3.05, 3.63) is 90.0 Å². The van der Waals surface area contributed by atoms with Crippen LogP contribution in [-0.2, 0) is 9.53 Å². The first-order valence-electron chi connectivity index (χ1n) is 9.55. The molecule has 0 aliphatic heterocycles. The predicted molar refractivity (Wildman–Crippen MR) is 115 cm³/mol. The van der Waals surface area contributed by atoms with Crippen molar-refractivity contribution >= 4 is 28.7 Å². The van der Waals surface area contributed by atoms with Gasteiger partial charge in [-0.2, -0.15) is 0 Å². The third-order valence-electron chi connectivity index (χ3n) is 4.75. The Hall–Kier alpha value is -4.13. The Kier molecular flexibility index (Phi) is 6.67. The number of alkyl carbamates (subject to hydrolysis) is 1. The first-order chi connectivity index (χ1) is 14.9. The van der Waals surface area contributed by atoms with Crippen LogP contribution >= 0.6 is 0 Å². The van der Waals surface area contributed by atoms with E-state index in [1.165, 1.54) is 12.1 Å². The van der Waals surface area contributed by atoms with Gasteiger partial charge in [-0.15, -0.1) is 0 Å². The summed E-state index contributed by atoms with van der Waals surface area (Å²) < 4.78 is 5.57. The summed E-state index contributed by atoms with van der Waals surface area (Å²) in [6, 6.07) is 18.3. The lowest BCUT2D eigenvalue weighted by Crippen LogP contribution is -2.33. The summed E-state index contributed by atoms with van der Waals surface area (Å²) in [5.41, 5.74) is 0.864. The minimum Gasteiger partial charge on any atom is -0.507 e. The zero-order valence-corrected chi connectivity index (χ0v) is 16.7. The number of nitrogens with one attached hydrogen (secondary N) is 1. The van der Waals surface area contributed by atoms with Crippen LogP contribution in [0.15, 0.2) is 78.9 Å². The lowest BCUT2D eigenvalue weighted by molar-refractivity contribution is -0.131. The summed E-state index contributed by atoms with van der Waals surface area (Å²) in [4.78, 5) is 35.8. The Morgan fingerprint density at radius 2 is 1.58 bits per heavy atom. The molecule has 2 atom stereocenters. The number of carbonyl (C=O) groups excluding carboxylic acids is 2. The molecule has 0 spiro atoms. The van der Waals surface area contributed by atoms with E-state index in [0.717, 1.165) is 6.08 Å². The van der Waals surface area contributed by atoms with Crippen molar-refractivity contribution in [2.24, 2.45) is 5.92 Å². The average Bonchev–Trinajstić information content (AvgIpc) is 2.77. The highest BCUT2D eigenvalue weighted by molar-refractivity contribution is 6.03. The number of carbonyl (C=O) groups is 3. The fraction of sp³-hybridized carbons (Fsp3) is 0.125. The van der Waals surface area contributed by atoms with Gasteiger partial charge in [0.15, 0.2) is 0 Å². The van der Waals surface area contributed by atoms with Crippen LogP contribution in [0.4, 0.5) is 4.79 Å². The van der Waals surface area contributed by atoms with Crippen molar-refractivity contribution in [1.82, 2.24) is 5.32 Å². The molecular weight excluding hydrogens is 398 g/mol. The van der Waals surface area contributed by atoms with Crippen LogP contribution in [0.5, 0.6) is 5.75 Å². The highest BCUT2D eigenvalue weighted by atomic mass is 16.6. The number of phenolic OH excluding ortho intramolecular Hbond substituents is 1. The van der Waals surface area contributed by atoms with Gasteiger partial charge in [0, 0.05) is 28.5 Å². The number of aliphatic carboxylic acids is 1. The van der Waals surface area contributed by atoms with Gasteiger partial charge in [0.2, 0.25) is 0 Å². The summed E-state index contributed by atoms with van der Waals surface area (Å²) in [7, 11) is 0. The number of ether oxygens (including phenoxy) is 1. The van der Waals surface area contributed by atoms with E-state index in [1.807, 2.05) is 0 Å². The molecule has 3 aromatic rings. The SMILES string of the molecule is C[C@H](/C=C/C(=O)O)[C@H](OC(=O)NC(=O)c1ccccc1)c1ccc(O)c2ccccc12. The molecule has 0 radical (unpaired) electrons. The molecule has 0 saturated carbocycles. The largest absolute Gasteiger partial charge is 0.507 e. The van der Waals surface area contributed by atoms with E-state index in [9.17, 15) is 19.5 Å². The third-order valence-corrected chi connectivity index (χ3v) is 4.75. The summed E-state index contributed by atoms with van der Waals surface area (Å²) in [5.74, 6) is -2.23. The molecule has 0 aliphatic carbocycles. The number of carboxylic acid groups (broad SMARTS) is 1. The van der Waals surface area contributed by atoms with E-state index in [0.29, 0.717) is 21.9 Å². The van der Waals surface area contributed by atoms with E-state index in [4.69, 9.17) is 9.84 Å². The van der Waals surface area contributed by atoms with Gasteiger partial charge in [-0.3, -0.25) is 10.1 Å². The number of benzene rings is 3. The van der Waals surface area contributed by atoms with Gasteiger partial charge in [-0.05, 0) is 23.6 Å². The Balaban J connectivity index is 1.92. The fourth-order valence-corrected chi connectivity index (χ4v) is 3.24. The Bertz CT molecular complexity index is 1140. The molecule has 3 rings (SSSR count). The predicted octanol–water partition coefficient (Wildman–Crippen LogP) is 4.43. The van der Waals surface area contributed by atoms with Gasteiger partial charge < -0.3 is 14.9 Å². The van der Waals surface area contributed by atoms with Crippen LogP contribution in [0.25, 0.3) is 10.8 Å². The molecule has 7 heteroatoms. The molecule has 0 aromatic heterocycles. The van der Waals surface area contributed by atoms with Gasteiger partial charge in [0.25, 0.3) is 5.91 Å². The highest BCUT2D eigenvalue weighted by Crippen LogP contribution is 2.36. The van der Waals surface area contributed by atoms with Gasteiger partial charge in [0.05, 0.1) is 0 Å². The molecule has 3 aromatic carbocycles.